The van der Waals surface area contributed by atoms with Gasteiger partial charge in [-0.2, -0.15) is 31.3 Å². The Hall–Kier alpha value is -3.05. The highest BCUT2D eigenvalue weighted by atomic mass is 19.4. The molecule has 0 amide bonds. The molecule has 0 aliphatic carbocycles. The second-order valence-electron chi connectivity index (χ2n) is 5.42. The standard InChI is InChI=1S/C15H11F6N5O/c1-26-11-9(25-13(26)15(19,20)21)24-12(27-2)10(23-11)22-8-5-3-7(4-6-8)14(16,17)18/h3-6H,1-2H3,(H,22,23). The SMILES string of the molecule is COc1nc2nc(C(F)(F)F)n(C)c2nc1Nc1ccc(C(F)(F)F)cc1. The molecule has 0 aliphatic heterocycles. The summed E-state index contributed by atoms with van der Waals surface area (Å²) in [5.41, 5.74) is -1.08. The molecule has 0 bridgehead atoms. The molecule has 0 radical (unpaired) electrons. The molecule has 0 fully saturated rings. The number of imidazole rings is 1. The smallest absolute Gasteiger partial charge is 0.449 e. The summed E-state index contributed by atoms with van der Waals surface area (Å²) in [6, 6.07) is 4.01. The number of anilines is 2. The first kappa shape index (κ1) is 18.7. The fourth-order valence-corrected chi connectivity index (χ4v) is 2.34. The lowest BCUT2D eigenvalue weighted by Gasteiger charge is -2.11. The molecule has 0 aliphatic rings. The molecule has 144 valence electrons. The second kappa shape index (κ2) is 6.28. The fraction of sp³-hybridized carbons (Fsp3) is 0.267. The van der Waals surface area contributed by atoms with Crippen LogP contribution in [0, 0.1) is 0 Å². The van der Waals surface area contributed by atoms with E-state index in [1.807, 2.05) is 0 Å². The number of hydrogen-bond acceptors (Lipinski definition) is 5. The molecule has 0 saturated carbocycles. The van der Waals surface area contributed by atoms with Gasteiger partial charge in [-0.15, -0.1) is 0 Å². The van der Waals surface area contributed by atoms with E-state index >= 15 is 0 Å². The van der Waals surface area contributed by atoms with Crippen LogP contribution in [-0.2, 0) is 19.4 Å². The van der Waals surface area contributed by atoms with E-state index in [2.05, 4.69) is 20.3 Å². The van der Waals surface area contributed by atoms with Gasteiger partial charge >= 0.3 is 12.4 Å². The highest BCUT2D eigenvalue weighted by Crippen LogP contribution is 2.33. The van der Waals surface area contributed by atoms with Crippen molar-refractivity contribution in [1.29, 1.82) is 0 Å². The number of halogens is 6. The van der Waals surface area contributed by atoms with E-state index in [1.54, 1.807) is 0 Å². The van der Waals surface area contributed by atoms with Crippen molar-refractivity contribution in [3.05, 3.63) is 35.7 Å². The van der Waals surface area contributed by atoms with Crippen LogP contribution in [0.5, 0.6) is 5.88 Å². The number of methoxy groups -OCH3 is 1. The van der Waals surface area contributed by atoms with Crippen LogP contribution in [0.2, 0.25) is 0 Å². The molecule has 12 heteroatoms. The third kappa shape index (κ3) is 3.59. The van der Waals surface area contributed by atoms with Gasteiger partial charge < -0.3 is 14.6 Å². The summed E-state index contributed by atoms with van der Waals surface area (Å²) >= 11 is 0. The zero-order valence-corrected chi connectivity index (χ0v) is 13.8. The summed E-state index contributed by atoms with van der Waals surface area (Å²) in [5, 5.41) is 2.68. The monoisotopic (exact) mass is 391 g/mol. The lowest BCUT2D eigenvalue weighted by molar-refractivity contribution is -0.146. The predicted octanol–water partition coefficient (Wildman–Crippen LogP) is 4.15. The van der Waals surface area contributed by atoms with E-state index in [0.29, 0.717) is 0 Å². The first-order valence-electron chi connectivity index (χ1n) is 7.30. The number of aromatic nitrogens is 4. The highest BCUT2D eigenvalue weighted by molar-refractivity contribution is 5.73. The maximum absolute atomic E-state index is 13.0. The quantitative estimate of drug-likeness (QED) is 0.680. The van der Waals surface area contributed by atoms with Gasteiger partial charge in [-0.3, -0.25) is 0 Å². The van der Waals surface area contributed by atoms with Gasteiger partial charge in [0.1, 0.15) is 0 Å². The molecule has 3 aromatic rings. The number of fused-ring (bicyclic) bond motifs is 1. The molecular formula is C15H11F6N5O. The maximum Gasteiger partial charge on any atom is 0.449 e. The first-order valence-corrected chi connectivity index (χ1v) is 7.30. The van der Waals surface area contributed by atoms with Crippen molar-refractivity contribution in [3.63, 3.8) is 0 Å². The third-order valence-electron chi connectivity index (χ3n) is 3.60. The van der Waals surface area contributed by atoms with E-state index < -0.39 is 23.7 Å². The minimum absolute atomic E-state index is 0.0681. The van der Waals surface area contributed by atoms with Crippen LogP contribution in [-0.4, -0.2) is 26.6 Å². The van der Waals surface area contributed by atoms with Gasteiger partial charge in [-0.1, -0.05) is 0 Å². The molecule has 2 heterocycles. The Bertz CT molecular complexity index is 978. The van der Waals surface area contributed by atoms with Crippen molar-refractivity contribution in [1.82, 2.24) is 19.5 Å². The lowest BCUT2D eigenvalue weighted by Crippen LogP contribution is -2.12. The van der Waals surface area contributed by atoms with Crippen LogP contribution in [0.1, 0.15) is 11.4 Å². The Labute approximate surface area is 147 Å². The summed E-state index contributed by atoms with van der Waals surface area (Å²) < 4.78 is 82.5. The van der Waals surface area contributed by atoms with E-state index in [4.69, 9.17) is 4.74 Å². The van der Waals surface area contributed by atoms with Crippen LogP contribution < -0.4 is 10.1 Å². The summed E-state index contributed by atoms with van der Waals surface area (Å²) in [6.45, 7) is 0. The minimum Gasteiger partial charge on any atom is -0.478 e. The first-order chi connectivity index (χ1) is 12.5. The van der Waals surface area contributed by atoms with E-state index in [-0.39, 0.29) is 28.7 Å². The van der Waals surface area contributed by atoms with E-state index in [9.17, 15) is 26.3 Å². The predicted molar refractivity (Wildman–Crippen MR) is 82.6 cm³/mol. The molecule has 0 saturated heterocycles. The Kier molecular flexibility index (Phi) is 4.36. The number of alkyl halides is 6. The summed E-state index contributed by atoms with van der Waals surface area (Å²) in [4.78, 5) is 11.3. The van der Waals surface area contributed by atoms with Crippen LogP contribution in [0.25, 0.3) is 11.3 Å². The number of nitrogens with zero attached hydrogens (tertiary/aromatic N) is 4. The molecule has 2 aromatic heterocycles. The molecule has 6 nitrogen and oxygen atoms in total. The van der Waals surface area contributed by atoms with Crippen molar-refractivity contribution in [3.8, 4) is 5.88 Å². The Morgan fingerprint density at radius 3 is 2.07 bits per heavy atom. The number of hydrogen-bond donors (Lipinski definition) is 1. The van der Waals surface area contributed by atoms with Crippen LogP contribution in [0.4, 0.5) is 37.8 Å². The fourth-order valence-electron chi connectivity index (χ4n) is 2.34. The third-order valence-corrected chi connectivity index (χ3v) is 3.60. The van der Waals surface area contributed by atoms with Crippen LogP contribution in [0.3, 0.4) is 0 Å². The zero-order chi connectivity index (χ0) is 20.0. The molecule has 0 unspecified atom stereocenters. The average molecular weight is 391 g/mol. The minimum atomic E-state index is -4.70. The Balaban J connectivity index is 2.02. The van der Waals surface area contributed by atoms with Crippen molar-refractivity contribution < 1.29 is 31.1 Å². The van der Waals surface area contributed by atoms with Crippen molar-refractivity contribution >= 4 is 22.8 Å². The zero-order valence-electron chi connectivity index (χ0n) is 13.8. The normalized spacial score (nSPS) is 12.4. The Morgan fingerprint density at radius 2 is 1.56 bits per heavy atom. The van der Waals surface area contributed by atoms with Crippen LogP contribution in [0.15, 0.2) is 24.3 Å². The van der Waals surface area contributed by atoms with E-state index in [1.165, 1.54) is 7.11 Å². The molecule has 27 heavy (non-hydrogen) atoms. The summed E-state index contributed by atoms with van der Waals surface area (Å²) in [6.07, 6.45) is -9.19. The van der Waals surface area contributed by atoms with Gasteiger partial charge in [0.25, 0.3) is 5.88 Å². The van der Waals surface area contributed by atoms with Gasteiger partial charge in [0.05, 0.1) is 12.7 Å². The largest absolute Gasteiger partial charge is 0.478 e. The lowest BCUT2D eigenvalue weighted by atomic mass is 10.2. The molecule has 1 N–H and O–H groups in total. The number of nitrogens with one attached hydrogen (secondary N) is 1. The van der Waals surface area contributed by atoms with Crippen LogP contribution >= 0.6 is 0 Å². The van der Waals surface area contributed by atoms with Crippen molar-refractivity contribution in [2.24, 2.45) is 7.05 Å². The number of aryl methyl sites for hydroxylation is 1. The number of ether oxygens (including phenoxy) is 1. The second-order valence-corrected chi connectivity index (χ2v) is 5.42. The van der Waals surface area contributed by atoms with Gasteiger partial charge in [-0.05, 0) is 24.3 Å². The molecule has 1 aromatic carbocycles. The van der Waals surface area contributed by atoms with Gasteiger partial charge in [0.2, 0.25) is 11.5 Å². The highest BCUT2D eigenvalue weighted by Gasteiger charge is 2.37. The van der Waals surface area contributed by atoms with Gasteiger partial charge in [0.15, 0.2) is 11.5 Å². The topological polar surface area (TPSA) is 64.9 Å². The van der Waals surface area contributed by atoms with Crippen molar-refractivity contribution in [2.75, 3.05) is 12.4 Å². The number of rotatable bonds is 3. The summed E-state index contributed by atoms with van der Waals surface area (Å²) in [5.74, 6) is -1.41. The molecule has 0 spiro atoms. The van der Waals surface area contributed by atoms with Gasteiger partial charge in [-0.25, -0.2) is 9.97 Å². The molecular weight excluding hydrogens is 380 g/mol. The molecule has 0 atom stereocenters. The summed E-state index contributed by atoms with van der Waals surface area (Å²) in [7, 11) is 2.35. The average Bonchev–Trinajstić information content (AvgIpc) is 2.90. The van der Waals surface area contributed by atoms with E-state index in [0.717, 1.165) is 35.9 Å². The van der Waals surface area contributed by atoms with Gasteiger partial charge in [0, 0.05) is 12.7 Å². The number of benzene rings is 1. The maximum atomic E-state index is 13.0. The molecule has 3 rings (SSSR count). The Morgan fingerprint density at radius 1 is 0.926 bits per heavy atom. The van der Waals surface area contributed by atoms with Crippen molar-refractivity contribution in [2.45, 2.75) is 12.4 Å².